The van der Waals surface area contributed by atoms with E-state index in [0.717, 1.165) is 0 Å². The van der Waals surface area contributed by atoms with E-state index < -0.39 is 5.97 Å². The first kappa shape index (κ1) is 11.2. The molecule has 4 nitrogen and oxygen atoms in total. The molecular formula is C11H13NO3. The first-order valence-corrected chi connectivity index (χ1v) is 4.56. The van der Waals surface area contributed by atoms with Crippen molar-refractivity contribution < 1.29 is 14.3 Å². The Morgan fingerprint density at radius 1 is 1.33 bits per heavy atom. The molecule has 4 heteroatoms. The highest BCUT2D eigenvalue weighted by Crippen LogP contribution is 2.15. The SMILES string of the molecule is COC(=O)c1ccccc1NCC(C)=O. The molecule has 0 fully saturated rings. The van der Waals surface area contributed by atoms with Crippen LogP contribution in [0.4, 0.5) is 5.69 Å². The summed E-state index contributed by atoms with van der Waals surface area (Å²) in [5.74, 6) is -0.406. The van der Waals surface area contributed by atoms with Crippen molar-refractivity contribution in [2.24, 2.45) is 0 Å². The standard InChI is InChI=1S/C11H13NO3/c1-8(13)7-12-10-6-4-3-5-9(10)11(14)15-2/h3-6,12H,7H2,1-2H3. The fourth-order valence-electron chi connectivity index (χ4n) is 1.14. The summed E-state index contributed by atoms with van der Waals surface area (Å²) in [4.78, 5) is 22.1. The lowest BCUT2D eigenvalue weighted by Crippen LogP contribution is -2.13. The zero-order chi connectivity index (χ0) is 11.3. The number of hydrogen-bond acceptors (Lipinski definition) is 4. The Morgan fingerprint density at radius 2 is 2.00 bits per heavy atom. The lowest BCUT2D eigenvalue weighted by Gasteiger charge is -2.08. The van der Waals surface area contributed by atoms with Gasteiger partial charge in [-0.3, -0.25) is 4.79 Å². The van der Waals surface area contributed by atoms with Crippen LogP contribution in [0.15, 0.2) is 24.3 Å². The van der Waals surface area contributed by atoms with Crippen LogP contribution in [0.2, 0.25) is 0 Å². The second-order valence-corrected chi connectivity index (χ2v) is 3.09. The summed E-state index contributed by atoms with van der Waals surface area (Å²) in [7, 11) is 1.32. The maximum Gasteiger partial charge on any atom is 0.339 e. The summed E-state index contributed by atoms with van der Waals surface area (Å²) in [5, 5.41) is 2.88. The third-order valence-corrected chi connectivity index (χ3v) is 1.86. The lowest BCUT2D eigenvalue weighted by atomic mass is 10.2. The van der Waals surface area contributed by atoms with Crippen molar-refractivity contribution in [3.8, 4) is 0 Å². The number of ketones is 1. The predicted molar refractivity (Wildman–Crippen MR) is 57.0 cm³/mol. The third kappa shape index (κ3) is 3.09. The van der Waals surface area contributed by atoms with Gasteiger partial charge in [0.25, 0.3) is 0 Å². The highest BCUT2D eigenvalue weighted by molar-refractivity contribution is 5.96. The average Bonchev–Trinajstić information content (AvgIpc) is 2.25. The Morgan fingerprint density at radius 3 is 2.60 bits per heavy atom. The molecule has 0 aliphatic carbocycles. The van der Waals surface area contributed by atoms with E-state index in [2.05, 4.69) is 10.1 Å². The van der Waals surface area contributed by atoms with E-state index >= 15 is 0 Å². The maximum absolute atomic E-state index is 11.3. The molecule has 0 unspecified atom stereocenters. The topological polar surface area (TPSA) is 55.4 Å². The number of rotatable bonds is 4. The van der Waals surface area contributed by atoms with E-state index in [1.54, 1.807) is 24.3 Å². The van der Waals surface area contributed by atoms with Crippen LogP contribution in [-0.2, 0) is 9.53 Å². The Bertz CT molecular complexity index is 374. The maximum atomic E-state index is 11.3. The van der Waals surface area contributed by atoms with E-state index in [1.807, 2.05) is 0 Å². The molecule has 0 spiro atoms. The number of anilines is 1. The van der Waals surface area contributed by atoms with Gasteiger partial charge in [-0.1, -0.05) is 12.1 Å². The number of carbonyl (C=O) groups excluding carboxylic acids is 2. The molecule has 0 saturated carbocycles. The van der Waals surface area contributed by atoms with Gasteiger partial charge in [-0.2, -0.15) is 0 Å². The molecule has 0 aliphatic rings. The van der Waals surface area contributed by atoms with Gasteiger partial charge in [-0.05, 0) is 19.1 Å². The van der Waals surface area contributed by atoms with Crippen molar-refractivity contribution in [1.82, 2.24) is 0 Å². The number of para-hydroxylation sites is 1. The minimum Gasteiger partial charge on any atom is -0.465 e. The van der Waals surface area contributed by atoms with Gasteiger partial charge in [0.1, 0.15) is 5.78 Å². The number of nitrogens with one attached hydrogen (secondary N) is 1. The van der Waals surface area contributed by atoms with E-state index in [4.69, 9.17) is 0 Å². The van der Waals surface area contributed by atoms with Crippen molar-refractivity contribution in [2.75, 3.05) is 19.0 Å². The summed E-state index contributed by atoms with van der Waals surface area (Å²) >= 11 is 0. The number of hydrogen-bond donors (Lipinski definition) is 1. The lowest BCUT2D eigenvalue weighted by molar-refractivity contribution is -0.115. The second-order valence-electron chi connectivity index (χ2n) is 3.09. The van der Waals surface area contributed by atoms with Crippen LogP contribution in [0, 0.1) is 0 Å². The Kier molecular flexibility index (Phi) is 3.85. The molecule has 0 saturated heterocycles. The van der Waals surface area contributed by atoms with Crippen LogP contribution in [0.5, 0.6) is 0 Å². The highest BCUT2D eigenvalue weighted by Gasteiger charge is 2.10. The zero-order valence-electron chi connectivity index (χ0n) is 8.74. The number of benzene rings is 1. The molecule has 0 amide bonds. The van der Waals surface area contributed by atoms with Crippen molar-refractivity contribution in [3.05, 3.63) is 29.8 Å². The normalized spacial score (nSPS) is 9.47. The predicted octanol–water partition coefficient (Wildman–Crippen LogP) is 1.47. The van der Waals surface area contributed by atoms with Crippen LogP contribution in [0.3, 0.4) is 0 Å². The quantitative estimate of drug-likeness (QED) is 0.760. The molecule has 1 aromatic rings. The van der Waals surface area contributed by atoms with Crippen molar-refractivity contribution in [2.45, 2.75) is 6.92 Å². The Labute approximate surface area is 88.2 Å². The van der Waals surface area contributed by atoms with Crippen LogP contribution in [0.25, 0.3) is 0 Å². The largest absolute Gasteiger partial charge is 0.465 e. The second kappa shape index (κ2) is 5.14. The molecule has 1 N–H and O–H groups in total. The molecule has 0 radical (unpaired) electrons. The van der Waals surface area contributed by atoms with Crippen LogP contribution < -0.4 is 5.32 Å². The van der Waals surface area contributed by atoms with Crippen molar-refractivity contribution in [3.63, 3.8) is 0 Å². The monoisotopic (exact) mass is 207 g/mol. The van der Waals surface area contributed by atoms with E-state index in [-0.39, 0.29) is 12.3 Å². The average molecular weight is 207 g/mol. The first-order chi connectivity index (χ1) is 7.15. The van der Waals surface area contributed by atoms with E-state index in [1.165, 1.54) is 14.0 Å². The van der Waals surface area contributed by atoms with Gasteiger partial charge in [0.2, 0.25) is 0 Å². The number of carbonyl (C=O) groups is 2. The third-order valence-electron chi connectivity index (χ3n) is 1.86. The molecule has 0 atom stereocenters. The van der Waals surface area contributed by atoms with Gasteiger partial charge in [0.05, 0.1) is 19.2 Å². The van der Waals surface area contributed by atoms with Crippen LogP contribution >= 0.6 is 0 Å². The highest BCUT2D eigenvalue weighted by atomic mass is 16.5. The molecule has 15 heavy (non-hydrogen) atoms. The molecular weight excluding hydrogens is 194 g/mol. The van der Waals surface area contributed by atoms with Gasteiger partial charge < -0.3 is 10.1 Å². The number of Topliss-reactive ketones (excluding diaryl/α,β-unsaturated/α-hetero) is 1. The Hall–Kier alpha value is -1.84. The van der Waals surface area contributed by atoms with Crippen molar-refractivity contribution in [1.29, 1.82) is 0 Å². The zero-order valence-corrected chi connectivity index (χ0v) is 8.74. The molecule has 0 heterocycles. The van der Waals surface area contributed by atoms with Gasteiger partial charge in [0.15, 0.2) is 0 Å². The summed E-state index contributed by atoms with van der Waals surface area (Å²) in [6.07, 6.45) is 0. The molecule has 0 aromatic heterocycles. The molecule has 1 aromatic carbocycles. The fourth-order valence-corrected chi connectivity index (χ4v) is 1.14. The molecule has 0 bridgehead atoms. The first-order valence-electron chi connectivity index (χ1n) is 4.56. The summed E-state index contributed by atoms with van der Waals surface area (Å²) in [5.41, 5.74) is 1.04. The van der Waals surface area contributed by atoms with Gasteiger partial charge in [-0.15, -0.1) is 0 Å². The molecule has 80 valence electrons. The van der Waals surface area contributed by atoms with Gasteiger partial charge in [0, 0.05) is 5.69 Å². The summed E-state index contributed by atoms with van der Waals surface area (Å²) < 4.78 is 4.62. The number of esters is 1. The smallest absolute Gasteiger partial charge is 0.339 e. The van der Waals surface area contributed by atoms with Gasteiger partial charge >= 0.3 is 5.97 Å². The number of ether oxygens (including phenoxy) is 1. The fraction of sp³-hybridized carbons (Fsp3) is 0.273. The minimum atomic E-state index is -0.415. The summed E-state index contributed by atoms with van der Waals surface area (Å²) in [6, 6.07) is 6.91. The van der Waals surface area contributed by atoms with E-state index in [9.17, 15) is 9.59 Å². The number of methoxy groups -OCH3 is 1. The molecule has 0 aliphatic heterocycles. The minimum absolute atomic E-state index is 0.00895. The van der Waals surface area contributed by atoms with Gasteiger partial charge in [-0.25, -0.2) is 4.79 Å². The molecule has 1 rings (SSSR count). The summed E-state index contributed by atoms with van der Waals surface area (Å²) in [6.45, 7) is 1.68. The Balaban J connectivity index is 2.86. The van der Waals surface area contributed by atoms with Crippen LogP contribution in [0.1, 0.15) is 17.3 Å². The van der Waals surface area contributed by atoms with E-state index in [0.29, 0.717) is 11.3 Å². The van der Waals surface area contributed by atoms with Crippen molar-refractivity contribution >= 4 is 17.4 Å². The van der Waals surface area contributed by atoms with Crippen LogP contribution in [-0.4, -0.2) is 25.4 Å².